The minimum Gasteiger partial charge on any atom is -0.197 e. The fourth-order valence-corrected chi connectivity index (χ4v) is 2.12. The van der Waals surface area contributed by atoms with Gasteiger partial charge in [0.25, 0.3) is 0 Å². The highest BCUT2D eigenvalue weighted by Crippen LogP contribution is 2.29. The summed E-state index contributed by atoms with van der Waals surface area (Å²) in [5.41, 5.74) is 2.61. The van der Waals surface area contributed by atoms with Crippen molar-refractivity contribution < 1.29 is 13.2 Å². The molecule has 0 aliphatic rings. The van der Waals surface area contributed by atoms with E-state index in [9.17, 15) is 13.2 Å². The normalized spacial score (nSPS) is 12.0. The standard InChI is InChI=1S/C17H12F3N3/c18-17(19,20)15-8-6-12(7-9-15)4-5-13-2-1-3-14(10-13)16-11-21-23-22-16/h1-11H,(H,21,22,23)/b5-4+. The zero-order chi connectivity index (χ0) is 16.3. The monoisotopic (exact) mass is 315 g/mol. The number of aromatic amines is 1. The number of benzene rings is 2. The molecule has 1 N–H and O–H groups in total. The first-order chi connectivity index (χ1) is 11.0. The van der Waals surface area contributed by atoms with Gasteiger partial charge in [-0.1, -0.05) is 42.5 Å². The molecule has 0 saturated heterocycles. The lowest BCUT2D eigenvalue weighted by atomic mass is 10.1. The third kappa shape index (κ3) is 3.66. The van der Waals surface area contributed by atoms with Crippen molar-refractivity contribution in [3.8, 4) is 11.3 Å². The fraction of sp³-hybridized carbons (Fsp3) is 0.0588. The van der Waals surface area contributed by atoms with Gasteiger partial charge in [-0.15, -0.1) is 0 Å². The van der Waals surface area contributed by atoms with Crippen molar-refractivity contribution in [3.63, 3.8) is 0 Å². The Balaban J connectivity index is 1.79. The molecule has 0 amide bonds. The van der Waals surface area contributed by atoms with Crippen molar-refractivity contribution in [2.75, 3.05) is 0 Å². The van der Waals surface area contributed by atoms with Crippen molar-refractivity contribution in [2.45, 2.75) is 6.18 Å². The minimum absolute atomic E-state index is 0.650. The molecule has 0 spiro atoms. The molecule has 2 aromatic carbocycles. The van der Waals surface area contributed by atoms with Crippen LogP contribution in [0.4, 0.5) is 13.2 Å². The topological polar surface area (TPSA) is 41.6 Å². The minimum atomic E-state index is -4.31. The summed E-state index contributed by atoms with van der Waals surface area (Å²) in [5.74, 6) is 0. The molecule has 0 aliphatic heterocycles. The Hall–Kier alpha value is -2.89. The van der Waals surface area contributed by atoms with Crippen LogP contribution in [-0.4, -0.2) is 15.4 Å². The molecule has 0 aliphatic carbocycles. The highest BCUT2D eigenvalue weighted by atomic mass is 19.4. The van der Waals surface area contributed by atoms with E-state index in [1.165, 1.54) is 12.1 Å². The fourth-order valence-electron chi connectivity index (χ4n) is 2.12. The molecule has 116 valence electrons. The Morgan fingerprint density at radius 2 is 1.65 bits per heavy atom. The molecule has 3 aromatic rings. The van der Waals surface area contributed by atoms with Crippen LogP contribution in [-0.2, 0) is 6.18 Å². The highest BCUT2D eigenvalue weighted by Gasteiger charge is 2.29. The van der Waals surface area contributed by atoms with Gasteiger partial charge in [-0.25, -0.2) is 0 Å². The van der Waals surface area contributed by atoms with Crippen LogP contribution in [0.15, 0.2) is 54.7 Å². The number of rotatable bonds is 3. The molecule has 1 aromatic heterocycles. The number of aromatic nitrogens is 3. The first-order valence-electron chi connectivity index (χ1n) is 6.84. The number of nitrogens with zero attached hydrogens (tertiary/aromatic N) is 2. The Morgan fingerprint density at radius 1 is 0.913 bits per heavy atom. The SMILES string of the molecule is FC(F)(F)c1ccc(/C=C/c2cccc(-c3cn[nH]n3)c2)cc1. The predicted molar refractivity (Wildman–Crippen MR) is 82.2 cm³/mol. The molecule has 0 saturated carbocycles. The lowest BCUT2D eigenvalue weighted by Crippen LogP contribution is -2.03. The maximum absolute atomic E-state index is 12.5. The first kappa shape index (κ1) is 15.0. The number of H-pyrrole nitrogens is 1. The Bertz CT molecular complexity index is 804. The van der Waals surface area contributed by atoms with Gasteiger partial charge in [0.05, 0.1) is 11.8 Å². The van der Waals surface area contributed by atoms with Gasteiger partial charge in [0, 0.05) is 5.56 Å². The largest absolute Gasteiger partial charge is 0.416 e. The number of hydrogen-bond acceptors (Lipinski definition) is 2. The van der Waals surface area contributed by atoms with Gasteiger partial charge in [-0.05, 0) is 29.3 Å². The van der Waals surface area contributed by atoms with Crippen molar-refractivity contribution in [1.29, 1.82) is 0 Å². The van der Waals surface area contributed by atoms with Crippen LogP contribution in [0.5, 0.6) is 0 Å². The third-order valence-electron chi connectivity index (χ3n) is 3.30. The molecule has 0 unspecified atom stereocenters. The van der Waals surface area contributed by atoms with E-state index in [0.717, 1.165) is 29.0 Å². The zero-order valence-corrected chi connectivity index (χ0v) is 11.9. The van der Waals surface area contributed by atoms with Crippen LogP contribution in [0.25, 0.3) is 23.4 Å². The van der Waals surface area contributed by atoms with Crippen molar-refractivity contribution in [2.24, 2.45) is 0 Å². The van der Waals surface area contributed by atoms with Gasteiger partial charge in [0.1, 0.15) is 5.69 Å². The molecule has 0 fully saturated rings. The van der Waals surface area contributed by atoms with Crippen LogP contribution in [0.1, 0.15) is 16.7 Å². The van der Waals surface area contributed by atoms with E-state index in [4.69, 9.17) is 0 Å². The molecule has 0 atom stereocenters. The Morgan fingerprint density at radius 3 is 2.30 bits per heavy atom. The average Bonchev–Trinajstić information content (AvgIpc) is 3.07. The van der Waals surface area contributed by atoms with E-state index in [-0.39, 0.29) is 0 Å². The summed E-state index contributed by atoms with van der Waals surface area (Å²) in [6, 6.07) is 12.7. The van der Waals surface area contributed by atoms with E-state index in [2.05, 4.69) is 15.4 Å². The smallest absolute Gasteiger partial charge is 0.197 e. The molecule has 1 heterocycles. The van der Waals surface area contributed by atoms with Gasteiger partial charge in [-0.2, -0.15) is 28.6 Å². The first-order valence-corrected chi connectivity index (χ1v) is 6.84. The molecular formula is C17H12F3N3. The lowest BCUT2D eigenvalue weighted by Gasteiger charge is -2.05. The van der Waals surface area contributed by atoms with E-state index < -0.39 is 11.7 Å². The quantitative estimate of drug-likeness (QED) is 0.714. The number of nitrogens with one attached hydrogen (secondary N) is 1. The van der Waals surface area contributed by atoms with E-state index >= 15 is 0 Å². The molecule has 0 radical (unpaired) electrons. The van der Waals surface area contributed by atoms with Crippen molar-refractivity contribution in [3.05, 3.63) is 71.4 Å². The van der Waals surface area contributed by atoms with Crippen molar-refractivity contribution >= 4 is 12.2 Å². The summed E-state index contributed by atoms with van der Waals surface area (Å²) in [6.07, 6.45) is 0.918. The molecule has 3 rings (SSSR count). The molecule has 0 bridgehead atoms. The lowest BCUT2D eigenvalue weighted by molar-refractivity contribution is -0.137. The van der Waals surface area contributed by atoms with Gasteiger partial charge < -0.3 is 0 Å². The Labute approximate surface area is 130 Å². The summed E-state index contributed by atoms with van der Waals surface area (Å²) in [7, 11) is 0. The second kappa shape index (κ2) is 6.08. The van der Waals surface area contributed by atoms with Gasteiger partial charge in [-0.3, -0.25) is 0 Å². The van der Waals surface area contributed by atoms with Gasteiger partial charge in [0.2, 0.25) is 0 Å². The summed E-state index contributed by atoms with van der Waals surface area (Å²) in [6.45, 7) is 0. The second-order valence-corrected chi connectivity index (χ2v) is 4.93. The number of halogens is 3. The third-order valence-corrected chi connectivity index (χ3v) is 3.30. The van der Waals surface area contributed by atoms with Crippen molar-refractivity contribution in [1.82, 2.24) is 15.4 Å². The van der Waals surface area contributed by atoms with Crippen LogP contribution in [0.2, 0.25) is 0 Å². The number of alkyl halides is 3. The van der Waals surface area contributed by atoms with E-state index in [0.29, 0.717) is 5.56 Å². The summed E-state index contributed by atoms with van der Waals surface area (Å²) in [5, 5.41) is 10.3. The van der Waals surface area contributed by atoms with Crippen LogP contribution < -0.4 is 0 Å². The van der Waals surface area contributed by atoms with Gasteiger partial charge >= 0.3 is 6.18 Å². The summed E-state index contributed by atoms with van der Waals surface area (Å²) in [4.78, 5) is 0. The maximum Gasteiger partial charge on any atom is 0.416 e. The predicted octanol–water partition coefficient (Wildman–Crippen LogP) is 4.66. The van der Waals surface area contributed by atoms with Crippen LogP contribution >= 0.6 is 0 Å². The zero-order valence-electron chi connectivity index (χ0n) is 11.9. The maximum atomic E-state index is 12.5. The molecule has 6 heteroatoms. The van der Waals surface area contributed by atoms with Crippen LogP contribution in [0.3, 0.4) is 0 Å². The average molecular weight is 315 g/mol. The van der Waals surface area contributed by atoms with E-state index in [1.807, 2.05) is 30.3 Å². The Kier molecular flexibility index (Phi) is 3.97. The highest BCUT2D eigenvalue weighted by molar-refractivity contribution is 5.72. The summed E-state index contributed by atoms with van der Waals surface area (Å²) < 4.78 is 37.6. The van der Waals surface area contributed by atoms with Gasteiger partial charge in [0.15, 0.2) is 0 Å². The second-order valence-electron chi connectivity index (χ2n) is 4.93. The van der Waals surface area contributed by atoms with Crippen LogP contribution in [0, 0.1) is 0 Å². The summed E-state index contributed by atoms with van der Waals surface area (Å²) >= 11 is 0. The molecule has 3 nitrogen and oxygen atoms in total. The number of hydrogen-bond donors (Lipinski definition) is 1. The molecular weight excluding hydrogens is 303 g/mol. The molecule has 23 heavy (non-hydrogen) atoms. The van der Waals surface area contributed by atoms with E-state index in [1.54, 1.807) is 12.3 Å².